The molecule has 25 heavy (non-hydrogen) atoms. The van der Waals surface area contributed by atoms with Gasteiger partial charge in [0, 0.05) is 0 Å². The van der Waals surface area contributed by atoms with Gasteiger partial charge in [-0.2, -0.15) is 0 Å². The third kappa shape index (κ3) is 9.04. The molecular formula is C18H34I4O2S. The van der Waals surface area contributed by atoms with Crippen molar-refractivity contribution in [1.82, 2.24) is 0 Å². The maximum absolute atomic E-state index is 13.6. The van der Waals surface area contributed by atoms with Crippen molar-refractivity contribution in [2.24, 2.45) is 22.7 Å². The molecule has 0 saturated heterocycles. The Labute approximate surface area is 211 Å². The normalized spacial score (nSPS) is 15.3. The van der Waals surface area contributed by atoms with Crippen LogP contribution in [-0.2, 0) is 9.84 Å². The van der Waals surface area contributed by atoms with E-state index in [1.165, 1.54) is 0 Å². The van der Waals surface area contributed by atoms with Crippen molar-refractivity contribution in [2.75, 3.05) is 0 Å². The van der Waals surface area contributed by atoms with Gasteiger partial charge in [-0.25, -0.2) is 8.42 Å². The zero-order valence-electron chi connectivity index (χ0n) is 16.7. The molecule has 0 aliphatic carbocycles. The molecule has 0 N–H and O–H groups in total. The average molecular weight is 822 g/mol. The molecule has 0 fully saturated rings. The van der Waals surface area contributed by atoms with E-state index in [1.807, 2.05) is 0 Å². The monoisotopic (exact) mass is 822 g/mol. The van der Waals surface area contributed by atoms with Crippen LogP contribution in [0.4, 0.5) is 0 Å². The quantitative estimate of drug-likeness (QED) is 0.164. The van der Waals surface area contributed by atoms with E-state index in [0.29, 0.717) is 24.7 Å². The lowest BCUT2D eigenvalue weighted by Gasteiger charge is -2.39. The summed E-state index contributed by atoms with van der Waals surface area (Å²) in [6.45, 7) is 17.6. The first kappa shape index (κ1) is 27.9. The maximum Gasteiger partial charge on any atom is 0.198 e. The molecule has 0 saturated carbocycles. The van der Waals surface area contributed by atoms with Crippen molar-refractivity contribution < 1.29 is 8.42 Å². The first-order chi connectivity index (χ1) is 10.7. The van der Waals surface area contributed by atoms with Gasteiger partial charge >= 0.3 is 0 Å². The summed E-state index contributed by atoms with van der Waals surface area (Å²) in [5, 5.41) is 0. The van der Waals surface area contributed by atoms with Crippen LogP contribution in [0.5, 0.6) is 0 Å². The Morgan fingerprint density at radius 1 is 0.680 bits per heavy atom. The molecule has 0 heterocycles. The zero-order valence-corrected chi connectivity index (χ0v) is 26.2. The van der Waals surface area contributed by atoms with E-state index in [-0.39, 0.29) is 10.8 Å². The predicted octanol–water partition coefficient (Wildman–Crippen LogP) is 8.37. The van der Waals surface area contributed by atoms with Gasteiger partial charge in [-0.15, -0.1) is 0 Å². The zero-order chi connectivity index (χ0) is 20.5. The number of sulfone groups is 1. The van der Waals surface area contributed by atoms with Gasteiger partial charge in [0.15, 0.2) is 11.4 Å². The number of rotatable bonds is 10. The van der Waals surface area contributed by atoms with Crippen LogP contribution in [0.15, 0.2) is 0 Å². The SMILES string of the molecule is CC(C)CC(C)(C)CC(I)(I)S(=O)(=O)C(I)(I)CC(C)(C)CC(C)C. The molecule has 0 aliphatic heterocycles. The number of halogens is 4. The third-order valence-corrected chi connectivity index (χ3v) is 14.4. The second-order valence-corrected chi connectivity index (χ2v) is 26.5. The van der Waals surface area contributed by atoms with Crippen molar-refractivity contribution in [1.29, 1.82) is 0 Å². The van der Waals surface area contributed by atoms with Crippen molar-refractivity contribution in [3.63, 3.8) is 0 Å². The van der Waals surface area contributed by atoms with Crippen molar-refractivity contribution in [3.05, 3.63) is 0 Å². The maximum atomic E-state index is 13.6. The molecule has 152 valence electrons. The van der Waals surface area contributed by atoms with Gasteiger partial charge in [-0.3, -0.25) is 0 Å². The van der Waals surface area contributed by atoms with Crippen LogP contribution in [0, 0.1) is 22.7 Å². The van der Waals surface area contributed by atoms with Gasteiger partial charge in [0.2, 0.25) is 0 Å². The van der Waals surface area contributed by atoms with E-state index >= 15 is 0 Å². The topological polar surface area (TPSA) is 34.1 Å². The van der Waals surface area contributed by atoms with E-state index in [4.69, 9.17) is 0 Å². The minimum absolute atomic E-state index is 0.000424. The summed E-state index contributed by atoms with van der Waals surface area (Å²) in [7, 11) is -3.33. The molecule has 0 amide bonds. The summed E-state index contributed by atoms with van der Waals surface area (Å²) in [4.78, 5) is 0. The fraction of sp³-hybridized carbons (Fsp3) is 1.00. The molecule has 0 bridgehead atoms. The van der Waals surface area contributed by atoms with Crippen molar-refractivity contribution in [3.8, 4) is 0 Å². The average Bonchev–Trinajstić information content (AvgIpc) is 2.19. The highest BCUT2D eigenvalue weighted by molar-refractivity contribution is 14.2. The molecule has 0 aliphatic rings. The minimum atomic E-state index is -3.33. The molecule has 0 aromatic carbocycles. The van der Waals surface area contributed by atoms with E-state index in [1.54, 1.807) is 0 Å². The standard InChI is InChI=1S/C18H34I4O2S/c1-13(2)9-15(5,6)11-17(19,20)25(23,24)18(21,22)12-16(7,8)10-14(3)4/h13-14H,9-12H2,1-8H3. The lowest BCUT2D eigenvalue weighted by molar-refractivity contribution is 0.268. The molecule has 0 aromatic heterocycles. The Morgan fingerprint density at radius 3 is 1.12 bits per heavy atom. The molecule has 2 nitrogen and oxygen atoms in total. The summed E-state index contributed by atoms with van der Waals surface area (Å²) in [6.07, 6.45) is 3.40. The molecule has 0 aromatic rings. The third-order valence-electron chi connectivity index (χ3n) is 4.08. The van der Waals surface area contributed by atoms with Crippen molar-refractivity contribution >= 4 is 100 Å². The van der Waals surface area contributed by atoms with Crippen LogP contribution in [0.25, 0.3) is 0 Å². The number of hydrogen-bond donors (Lipinski definition) is 0. The van der Waals surface area contributed by atoms with Crippen LogP contribution < -0.4 is 0 Å². The fourth-order valence-corrected chi connectivity index (χ4v) is 19.2. The molecule has 0 rings (SSSR count). The number of hydrogen-bond acceptors (Lipinski definition) is 2. The summed E-state index contributed by atoms with van der Waals surface area (Å²) in [5.74, 6) is 1.13. The molecule has 7 heteroatoms. The molecular weight excluding hydrogens is 788 g/mol. The highest BCUT2D eigenvalue weighted by Crippen LogP contribution is 2.56. The summed E-state index contributed by atoms with van der Waals surface area (Å²) < 4.78 is 25.6. The van der Waals surface area contributed by atoms with Gasteiger partial charge < -0.3 is 0 Å². The van der Waals surface area contributed by atoms with Gasteiger partial charge in [0.05, 0.1) is 0 Å². The molecule has 0 spiro atoms. The van der Waals surface area contributed by atoms with Gasteiger partial charge in [0.25, 0.3) is 0 Å². The Morgan fingerprint density at radius 2 is 0.920 bits per heavy atom. The molecule has 0 atom stereocenters. The first-order valence-electron chi connectivity index (χ1n) is 8.74. The van der Waals surface area contributed by atoms with Crippen LogP contribution in [-0.4, -0.2) is 9.94 Å². The minimum Gasteiger partial charge on any atom is -0.224 e. The van der Waals surface area contributed by atoms with Gasteiger partial charge in [-0.1, -0.05) is 55.4 Å². The summed E-state index contributed by atoms with van der Waals surface area (Å²) in [5.41, 5.74) is 0.000847. The smallest absolute Gasteiger partial charge is 0.198 e. The largest absolute Gasteiger partial charge is 0.224 e. The summed E-state index contributed by atoms with van der Waals surface area (Å²) in [6, 6.07) is 0. The second-order valence-electron chi connectivity index (χ2n) is 9.66. The second kappa shape index (κ2) is 9.78. The van der Waals surface area contributed by atoms with Crippen molar-refractivity contribution in [2.45, 2.75) is 82.6 Å². The van der Waals surface area contributed by atoms with E-state index < -0.39 is 11.4 Å². The summed E-state index contributed by atoms with van der Waals surface area (Å²) >= 11 is 8.73. The molecule has 0 radical (unpaired) electrons. The lowest BCUT2D eigenvalue weighted by Crippen LogP contribution is -2.43. The van der Waals surface area contributed by atoms with E-state index in [9.17, 15) is 8.42 Å². The van der Waals surface area contributed by atoms with E-state index in [2.05, 4.69) is 146 Å². The Balaban J connectivity index is 5.56. The highest BCUT2D eigenvalue weighted by atomic mass is 127. The lowest BCUT2D eigenvalue weighted by atomic mass is 9.82. The Kier molecular flexibility index (Phi) is 10.9. The Hall–Kier alpha value is 2.87. The number of alkyl halides is 4. The predicted molar refractivity (Wildman–Crippen MR) is 146 cm³/mol. The molecule has 0 unspecified atom stereocenters. The fourth-order valence-electron chi connectivity index (χ4n) is 3.88. The van der Waals surface area contributed by atoms with Crippen LogP contribution in [0.2, 0.25) is 0 Å². The highest BCUT2D eigenvalue weighted by Gasteiger charge is 2.54. The first-order valence-corrected chi connectivity index (χ1v) is 14.5. The van der Waals surface area contributed by atoms with E-state index in [0.717, 1.165) is 12.8 Å². The van der Waals surface area contributed by atoms with Gasteiger partial charge in [-0.05, 0) is 139 Å². The van der Waals surface area contributed by atoms with Crippen LogP contribution in [0.1, 0.15) is 81.1 Å². The Bertz CT molecular complexity index is 493. The van der Waals surface area contributed by atoms with Gasteiger partial charge in [0.1, 0.15) is 0 Å². The van der Waals surface area contributed by atoms with Crippen LogP contribution in [0.3, 0.4) is 0 Å². The van der Waals surface area contributed by atoms with Crippen LogP contribution >= 0.6 is 90.4 Å².